The van der Waals surface area contributed by atoms with Crippen molar-refractivity contribution in [2.75, 3.05) is 29.9 Å². The molecule has 3 rings (SSSR count). The number of benzene rings is 1. The smallest absolute Gasteiger partial charge is 0.321 e. The predicted molar refractivity (Wildman–Crippen MR) is 91.9 cm³/mol. The molecule has 2 fully saturated rings. The number of sulfone groups is 1. The van der Waals surface area contributed by atoms with E-state index in [1.807, 2.05) is 0 Å². The summed E-state index contributed by atoms with van der Waals surface area (Å²) in [5, 5.41) is 2.31. The molecule has 2 aliphatic rings. The SMILES string of the molecule is O=C(Nc1cc(Cl)c(F)c(Cl)c1)N1CCCC2(CCS(=O)(=O)C2)C1. The summed E-state index contributed by atoms with van der Waals surface area (Å²) in [5.41, 5.74) is -0.0398. The lowest BCUT2D eigenvalue weighted by atomic mass is 9.80. The Morgan fingerprint density at radius 2 is 1.92 bits per heavy atom. The van der Waals surface area contributed by atoms with Gasteiger partial charge in [0.1, 0.15) is 0 Å². The summed E-state index contributed by atoms with van der Waals surface area (Å²) < 4.78 is 37.0. The van der Waals surface area contributed by atoms with Crippen LogP contribution in [0, 0.1) is 11.2 Å². The van der Waals surface area contributed by atoms with Crippen molar-refractivity contribution in [3.8, 4) is 0 Å². The Hall–Kier alpha value is -1.05. The number of likely N-dealkylation sites (tertiary alicyclic amines) is 1. The molecule has 2 amide bonds. The molecule has 0 aliphatic carbocycles. The van der Waals surface area contributed by atoms with Crippen LogP contribution in [0.4, 0.5) is 14.9 Å². The number of hydrogen-bond donors (Lipinski definition) is 1. The van der Waals surface area contributed by atoms with E-state index in [-0.39, 0.29) is 33.0 Å². The molecular formula is C15H17Cl2FN2O3S. The summed E-state index contributed by atoms with van der Waals surface area (Å²) in [6.07, 6.45) is 2.16. The Morgan fingerprint density at radius 1 is 1.25 bits per heavy atom. The Bertz CT molecular complexity index is 764. The maximum absolute atomic E-state index is 13.4. The highest BCUT2D eigenvalue weighted by Gasteiger charge is 2.45. The summed E-state index contributed by atoms with van der Waals surface area (Å²) in [7, 11) is -3.01. The fraction of sp³-hybridized carbons (Fsp3) is 0.533. The van der Waals surface area contributed by atoms with Crippen LogP contribution >= 0.6 is 23.2 Å². The first-order chi connectivity index (χ1) is 11.2. The van der Waals surface area contributed by atoms with Crippen molar-refractivity contribution in [1.29, 1.82) is 0 Å². The normalized spacial score (nSPS) is 25.9. The van der Waals surface area contributed by atoms with Gasteiger partial charge in [-0.05, 0) is 31.4 Å². The number of nitrogens with one attached hydrogen (secondary N) is 1. The third-order valence-corrected chi connectivity index (χ3v) is 7.08. The van der Waals surface area contributed by atoms with Gasteiger partial charge in [0.25, 0.3) is 0 Å². The van der Waals surface area contributed by atoms with E-state index in [1.165, 1.54) is 12.1 Å². The van der Waals surface area contributed by atoms with Gasteiger partial charge in [0.2, 0.25) is 0 Å². The number of hydrogen-bond acceptors (Lipinski definition) is 3. The van der Waals surface area contributed by atoms with Crippen LogP contribution in [0.2, 0.25) is 10.0 Å². The fourth-order valence-electron chi connectivity index (χ4n) is 3.52. The molecule has 1 spiro atoms. The topological polar surface area (TPSA) is 66.5 Å². The first kappa shape index (κ1) is 17.8. The van der Waals surface area contributed by atoms with E-state index < -0.39 is 15.7 Å². The largest absolute Gasteiger partial charge is 0.324 e. The second-order valence-corrected chi connectivity index (χ2v) is 9.55. The van der Waals surface area contributed by atoms with Crippen LogP contribution in [-0.4, -0.2) is 43.9 Å². The van der Waals surface area contributed by atoms with Gasteiger partial charge in [-0.3, -0.25) is 0 Å². The Morgan fingerprint density at radius 3 is 2.50 bits per heavy atom. The van der Waals surface area contributed by atoms with E-state index in [9.17, 15) is 17.6 Å². The number of halogens is 3. The van der Waals surface area contributed by atoms with Crippen LogP contribution in [0.15, 0.2) is 12.1 Å². The van der Waals surface area contributed by atoms with E-state index in [4.69, 9.17) is 23.2 Å². The summed E-state index contributed by atoms with van der Waals surface area (Å²) in [5.74, 6) is -0.409. The molecule has 1 atom stereocenters. The van der Waals surface area contributed by atoms with Crippen molar-refractivity contribution >= 4 is 44.8 Å². The van der Waals surface area contributed by atoms with Crippen LogP contribution < -0.4 is 5.32 Å². The zero-order valence-electron chi connectivity index (χ0n) is 12.8. The summed E-state index contributed by atoms with van der Waals surface area (Å²) in [6, 6.07) is 2.22. The number of nitrogens with zero attached hydrogens (tertiary/aromatic N) is 1. The quantitative estimate of drug-likeness (QED) is 0.740. The van der Waals surface area contributed by atoms with Crippen molar-refractivity contribution in [2.45, 2.75) is 19.3 Å². The number of urea groups is 1. The molecule has 0 saturated carbocycles. The zero-order valence-corrected chi connectivity index (χ0v) is 15.1. The zero-order chi connectivity index (χ0) is 17.5. The van der Waals surface area contributed by atoms with E-state index >= 15 is 0 Å². The van der Waals surface area contributed by atoms with E-state index in [2.05, 4.69) is 5.32 Å². The van der Waals surface area contributed by atoms with Crippen molar-refractivity contribution in [2.24, 2.45) is 5.41 Å². The maximum atomic E-state index is 13.4. The summed E-state index contributed by atoms with van der Waals surface area (Å²) in [6.45, 7) is 0.955. The van der Waals surface area contributed by atoms with E-state index in [0.29, 0.717) is 25.2 Å². The van der Waals surface area contributed by atoms with Gasteiger partial charge in [-0.2, -0.15) is 0 Å². The maximum Gasteiger partial charge on any atom is 0.321 e. The van der Waals surface area contributed by atoms with Crippen LogP contribution in [-0.2, 0) is 9.84 Å². The predicted octanol–water partition coefficient (Wildman–Crippen LogP) is 3.57. The van der Waals surface area contributed by atoms with Crippen molar-refractivity contribution in [3.05, 3.63) is 28.0 Å². The molecule has 5 nitrogen and oxygen atoms in total. The number of carbonyl (C=O) groups excluding carboxylic acids is 1. The Kier molecular flexibility index (Phi) is 4.70. The lowest BCUT2D eigenvalue weighted by Crippen LogP contribution is -2.48. The number of piperidine rings is 1. The van der Waals surface area contributed by atoms with Crippen LogP contribution in [0.5, 0.6) is 0 Å². The van der Waals surface area contributed by atoms with Crippen LogP contribution in [0.25, 0.3) is 0 Å². The second-order valence-electron chi connectivity index (χ2n) is 6.55. The van der Waals surface area contributed by atoms with Gasteiger partial charge in [-0.25, -0.2) is 17.6 Å². The molecule has 1 aromatic carbocycles. The van der Waals surface area contributed by atoms with Gasteiger partial charge in [-0.15, -0.1) is 0 Å². The fourth-order valence-corrected chi connectivity index (χ4v) is 6.20. The molecule has 24 heavy (non-hydrogen) atoms. The molecule has 2 saturated heterocycles. The number of anilines is 1. The van der Waals surface area contributed by atoms with Gasteiger partial charge in [0, 0.05) is 24.2 Å². The highest BCUT2D eigenvalue weighted by atomic mass is 35.5. The van der Waals surface area contributed by atoms with Gasteiger partial charge in [-0.1, -0.05) is 23.2 Å². The van der Waals surface area contributed by atoms with Gasteiger partial charge in [0.15, 0.2) is 15.7 Å². The molecule has 9 heteroatoms. The molecule has 0 aromatic heterocycles. The Balaban J connectivity index is 1.71. The monoisotopic (exact) mass is 394 g/mol. The lowest BCUT2D eigenvalue weighted by Gasteiger charge is -2.39. The minimum Gasteiger partial charge on any atom is -0.324 e. The molecule has 132 valence electrons. The molecule has 1 N–H and O–H groups in total. The molecule has 0 radical (unpaired) electrons. The highest BCUT2D eigenvalue weighted by molar-refractivity contribution is 7.91. The minimum absolute atomic E-state index is 0.137. The average Bonchev–Trinajstić information content (AvgIpc) is 2.79. The summed E-state index contributed by atoms with van der Waals surface area (Å²) in [4.78, 5) is 14.1. The average molecular weight is 395 g/mol. The first-order valence-electron chi connectivity index (χ1n) is 7.61. The molecular weight excluding hydrogens is 378 g/mol. The minimum atomic E-state index is -3.01. The molecule has 1 unspecified atom stereocenters. The standard InChI is InChI=1S/C15H17Cl2FN2O3S/c16-11-6-10(7-12(17)13(11)18)19-14(21)20-4-1-2-15(8-20)3-5-24(22,23)9-15/h6-7H,1-5,8-9H2,(H,19,21). The van der Waals surface area contributed by atoms with Crippen molar-refractivity contribution in [3.63, 3.8) is 0 Å². The van der Waals surface area contributed by atoms with Crippen molar-refractivity contribution < 1.29 is 17.6 Å². The summed E-state index contributed by atoms with van der Waals surface area (Å²) >= 11 is 11.5. The molecule has 1 aromatic rings. The lowest BCUT2D eigenvalue weighted by molar-refractivity contribution is 0.130. The van der Waals surface area contributed by atoms with Crippen LogP contribution in [0.1, 0.15) is 19.3 Å². The van der Waals surface area contributed by atoms with Gasteiger partial charge < -0.3 is 10.2 Å². The number of rotatable bonds is 1. The third-order valence-electron chi connectivity index (χ3n) is 4.65. The van der Waals surface area contributed by atoms with E-state index in [0.717, 1.165) is 12.8 Å². The number of amides is 2. The van der Waals surface area contributed by atoms with Gasteiger partial charge >= 0.3 is 6.03 Å². The van der Waals surface area contributed by atoms with Crippen molar-refractivity contribution in [1.82, 2.24) is 4.90 Å². The first-order valence-corrected chi connectivity index (χ1v) is 10.2. The van der Waals surface area contributed by atoms with Crippen LogP contribution in [0.3, 0.4) is 0 Å². The van der Waals surface area contributed by atoms with E-state index in [1.54, 1.807) is 4.90 Å². The van der Waals surface area contributed by atoms with Gasteiger partial charge in [0.05, 0.1) is 21.6 Å². The molecule has 2 heterocycles. The second kappa shape index (κ2) is 6.35. The number of carbonyl (C=O) groups is 1. The highest BCUT2D eigenvalue weighted by Crippen LogP contribution is 2.40. The Labute approximate surface area is 150 Å². The molecule has 0 bridgehead atoms. The third kappa shape index (κ3) is 3.63. The molecule has 2 aliphatic heterocycles.